The Bertz CT molecular complexity index is 1920. The van der Waals surface area contributed by atoms with E-state index in [1.807, 2.05) is 12.1 Å². The lowest BCUT2D eigenvalue weighted by Crippen LogP contribution is -2.63. The Morgan fingerprint density at radius 2 is 1.75 bits per heavy atom. The monoisotopic (exact) mass is 729 g/mol. The number of nitrogens with one attached hydrogen (secondary N) is 1. The molecule has 0 spiro atoms. The van der Waals surface area contributed by atoms with Gasteiger partial charge in [-0.1, -0.05) is 49.5 Å². The van der Waals surface area contributed by atoms with Gasteiger partial charge in [-0.3, -0.25) is 24.0 Å². The minimum Gasteiger partial charge on any atom is -0.497 e. The standard InChI is InChI=1S/C38H47N7O8/c1-37(2,51)31-21-40-43-45(31)27-20-30(35(49)42-38(32(46)33(39)47)13-15-53-16-14-38)44(22-27)36(50)29(17-23-7-5-4-6-8-23)41-34(48)26-10-9-25-19-28(52-3)12-11-24(25)18-26/h9-12,18-19,21,23,27,30,51H,4-8,13-17,20,22H2,1-3H3,(H2,39,47)(H,42,49)/t27-,30-/m0/s1. The number of methoxy groups -OCH3 is 1. The molecule has 6 rings (SSSR count). The highest BCUT2D eigenvalue weighted by Gasteiger charge is 2.49. The Hall–Kier alpha value is -5.02. The van der Waals surface area contributed by atoms with Crippen LogP contribution in [0.15, 0.2) is 47.6 Å². The first-order valence-corrected chi connectivity index (χ1v) is 18.2. The number of carbonyl (C=O) groups is 5. The summed E-state index contributed by atoms with van der Waals surface area (Å²) in [5.74, 6) is -3.19. The molecule has 2 saturated heterocycles. The van der Waals surface area contributed by atoms with Crippen molar-refractivity contribution in [1.82, 2.24) is 25.2 Å². The fourth-order valence-electron chi connectivity index (χ4n) is 7.78. The molecule has 15 heteroatoms. The number of aliphatic imine (C=N–C) groups is 1. The number of Topliss-reactive ketones (excluding diaryl/α,β-unsaturated/α-hetero) is 1. The van der Waals surface area contributed by atoms with Gasteiger partial charge in [0.2, 0.25) is 11.7 Å². The number of ketones is 1. The Labute approximate surface area is 307 Å². The summed E-state index contributed by atoms with van der Waals surface area (Å²) in [6.07, 6.45) is 6.59. The molecule has 2 aliphatic heterocycles. The Balaban J connectivity index is 1.37. The molecule has 1 saturated carbocycles. The van der Waals surface area contributed by atoms with Crippen molar-refractivity contribution in [2.24, 2.45) is 16.6 Å². The van der Waals surface area contributed by atoms with Gasteiger partial charge >= 0.3 is 0 Å². The highest BCUT2D eigenvalue weighted by atomic mass is 16.5. The number of carbonyl (C=O) groups excluding carboxylic acids is 5. The fourth-order valence-corrected chi connectivity index (χ4v) is 7.78. The highest BCUT2D eigenvalue weighted by molar-refractivity contribution is 6.41. The predicted molar refractivity (Wildman–Crippen MR) is 193 cm³/mol. The van der Waals surface area contributed by atoms with Crippen molar-refractivity contribution in [2.75, 3.05) is 26.9 Å². The summed E-state index contributed by atoms with van der Waals surface area (Å²) in [5.41, 5.74) is 3.19. The molecular weight excluding hydrogens is 682 g/mol. The van der Waals surface area contributed by atoms with Gasteiger partial charge in [-0.2, -0.15) is 0 Å². The van der Waals surface area contributed by atoms with Gasteiger partial charge in [0, 0.05) is 44.6 Å². The first-order chi connectivity index (χ1) is 25.3. The number of nitrogens with two attached hydrogens (primary N) is 1. The van der Waals surface area contributed by atoms with E-state index in [0.29, 0.717) is 17.0 Å². The maximum Gasteiger partial charge on any atom is 0.287 e. The second-order valence-corrected chi connectivity index (χ2v) is 14.9. The van der Waals surface area contributed by atoms with Crippen LogP contribution in [-0.4, -0.2) is 98.6 Å². The van der Waals surface area contributed by atoms with Gasteiger partial charge < -0.3 is 30.5 Å². The number of amides is 4. The molecule has 0 radical (unpaired) electrons. The normalized spacial score (nSPS) is 21.0. The van der Waals surface area contributed by atoms with E-state index in [4.69, 9.17) is 15.2 Å². The number of ether oxygens (including phenoxy) is 2. The third-order valence-corrected chi connectivity index (χ3v) is 10.7. The van der Waals surface area contributed by atoms with E-state index in [1.165, 1.54) is 15.8 Å². The number of benzene rings is 2. The van der Waals surface area contributed by atoms with Gasteiger partial charge in [0.15, 0.2) is 0 Å². The fraction of sp³-hybridized carbons (Fsp3) is 0.526. The number of hydrogen-bond acceptors (Lipinski definition) is 10. The number of hydrogen-bond donors (Lipinski definition) is 3. The summed E-state index contributed by atoms with van der Waals surface area (Å²) < 4.78 is 12.3. The van der Waals surface area contributed by atoms with Crippen LogP contribution < -0.4 is 15.8 Å². The minimum absolute atomic E-state index is 0.0258. The van der Waals surface area contributed by atoms with Crippen LogP contribution in [-0.2, 0) is 29.5 Å². The van der Waals surface area contributed by atoms with Gasteiger partial charge in [-0.05, 0) is 61.2 Å². The van der Waals surface area contributed by atoms with Crippen LogP contribution in [0.1, 0.15) is 93.7 Å². The first kappa shape index (κ1) is 37.7. The third kappa shape index (κ3) is 8.15. The lowest BCUT2D eigenvalue weighted by atomic mass is 9.84. The molecule has 3 fully saturated rings. The van der Waals surface area contributed by atoms with Crippen molar-refractivity contribution in [3.05, 3.63) is 53.9 Å². The third-order valence-electron chi connectivity index (χ3n) is 10.7. The molecule has 4 N–H and O–H groups in total. The summed E-state index contributed by atoms with van der Waals surface area (Å²) in [4.78, 5) is 74.1. The maximum atomic E-state index is 14.8. The van der Waals surface area contributed by atoms with E-state index in [9.17, 15) is 29.1 Å². The zero-order valence-corrected chi connectivity index (χ0v) is 30.4. The van der Waals surface area contributed by atoms with E-state index < -0.39 is 52.6 Å². The average molecular weight is 730 g/mol. The molecule has 3 aliphatic rings. The molecule has 1 aromatic heterocycles. The number of nitrogens with zero attached hydrogens (tertiary/aromatic N) is 5. The maximum absolute atomic E-state index is 14.8. The van der Waals surface area contributed by atoms with Crippen molar-refractivity contribution in [3.63, 3.8) is 0 Å². The first-order valence-electron chi connectivity index (χ1n) is 18.2. The van der Waals surface area contributed by atoms with E-state index in [0.717, 1.165) is 42.9 Å². The molecule has 1 aliphatic carbocycles. The second kappa shape index (κ2) is 15.5. The smallest absolute Gasteiger partial charge is 0.287 e. The molecule has 4 amide bonds. The number of fused-ring (bicyclic) bond motifs is 1. The number of likely N-dealkylation sites (tertiary alicyclic amines) is 1. The van der Waals surface area contributed by atoms with E-state index in [-0.39, 0.29) is 57.1 Å². The SMILES string of the molecule is COc1ccc2cc(C(=O)N=C(CC3CCCCC3)C(=O)N3C[C@@H](n4nncc4C(C)(C)O)C[C@H]3C(=O)NC3(C(=O)C(N)=O)CCOCC3)ccc2c1. The number of rotatable bonds is 11. The van der Waals surface area contributed by atoms with Gasteiger partial charge in [0.1, 0.15) is 28.6 Å². The molecule has 0 bridgehead atoms. The molecule has 53 heavy (non-hydrogen) atoms. The van der Waals surface area contributed by atoms with Crippen LogP contribution in [0.3, 0.4) is 0 Å². The lowest BCUT2D eigenvalue weighted by Gasteiger charge is -2.37. The van der Waals surface area contributed by atoms with Crippen molar-refractivity contribution < 1.29 is 38.6 Å². The van der Waals surface area contributed by atoms with Crippen molar-refractivity contribution in [2.45, 2.75) is 94.9 Å². The molecular formula is C38H47N7O8. The molecule has 3 heterocycles. The van der Waals surface area contributed by atoms with Crippen LogP contribution in [0.2, 0.25) is 0 Å². The van der Waals surface area contributed by atoms with Crippen LogP contribution in [0.25, 0.3) is 10.8 Å². The summed E-state index contributed by atoms with van der Waals surface area (Å²) in [7, 11) is 1.58. The molecule has 2 aromatic carbocycles. The van der Waals surface area contributed by atoms with Crippen LogP contribution in [0.5, 0.6) is 5.75 Å². The average Bonchev–Trinajstić information content (AvgIpc) is 3.83. The minimum atomic E-state index is -1.60. The number of primary amides is 1. The van der Waals surface area contributed by atoms with E-state index in [1.54, 1.807) is 45.2 Å². The quantitative estimate of drug-likeness (QED) is 0.194. The largest absolute Gasteiger partial charge is 0.497 e. The van der Waals surface area contributed by atoms with Crippen molar-refractivity contribution in [1.29, 1.82) is 0 Å². The van der Waals surface area contributed by atoms with Crippen LogP contribution >= 0.6 is 0 Å². The van der Waals surface area contributed by atoms with Crippen LogP contribution in [0, 0.1) is 5.92 Å². The van der Waals surface area contributed by atoms with Crippen LogP contribution in [0.4, 0.5) is 0 Å². The summed E-state index contributed by atoms with van der Waals surface area (Å²) in [6.45, 7) is 3.37. The zero-order valence-electron chi connectivity index (χ0n) is 30.4. The summed E-state index contributed by atoms with van der Waals surface area (Å²) >= 11 is 0. The Morgan fingerprint density at radius 1 is 1.06 bits per heavy atom. The Morgan fingerprint density at radius 3 is 2.43 bits per heavy atom. The summed E-state index contributed by atoms with van der Waals surface area (Å²) in [6, 6.07) is 8.91. The van der Waals surface area contributed by atoms with Gasteiger partial charge in [-0.25, -0.2) is 9.67 Å². The van der Waals surface area contributed by atoms with Gasteiger partial charge in [-0.15, -0.1) is 5.10 Å². The predicted octanol–water partition coefficient (Wildman–Crippen LogP) is 2.78. The zero-order chi connectivity index (χ0) is 37.9. The molecule has 15 nitrogen and oxygen atoms in total. The van der Waals surface area contributed by atoms with Gasteiger partial charge in [0.05, 0.1) is 25.0 Å². The lowest BCUT2D eigenvalue weighted by molar-refractivity contribution is -0.146. The molecule has 0 unspecified atom stereocenters. The number of aromatic nitrogens is 3. The highest BCUT2D eigenvalue weighted by Crippen LogP contribution is 2.34. The number of aliphatic hydroxyl groups is 1. The van der Waals surface area contributed by atoms with E-state index in [2.05, 4.69) is 20.6 Å². The second-order valence-electron chi connectivity index (χ2n) is 14.9. The summed E-state index contributed by atoms with van der Waals surface area (Å²) in [5, 5.41) is 23.6. The van der Waals surface area contributed by atoms with Crippen molar-refractivity contribution in [3.8, 4) is 5.75 Å². The molecule has 2 atom stereocenters. The molecule has 282 valence electrons. The van der Waals surface area contributed by atoms with E-state index >= 15 is 0 Å². The topological polar surface area (TPSA) is 208 Å². The molecule has 3 aromatic rings. The van der Waals surface area contributed by atoms with Crippen molar-refractivity contribution >= 4 is 45.9 Å². The van der Waals surface area contributed by atoms with Gasteiger partial charge in [0.25, 0.3) is 17.7 Å². The Kier molecular flexibility index (Phi) is 11.1.